The zero-order chi connectivity index (χ0) is 27.4. The fourth-order valence-corrected chi connectivity index (χ4v) is 5.71. The van der Waals surface area contributed by atoms with Gasteiger partial charge in [0, 0.05) is 28.4 Å². The number of nitrogens with one attached hydrogen (secondary N) is 2. The highest BCUT2D eigenvalue weighted by atomic mass is 35.5. The van der Waals surface area contributed by atoms with Crippen LogP contribution in [0.3, 0.4) is 0 Å². The van der Waals surface area contributed by atoms with Gasteiger partial charge in [0.15, 0.2) is 5.78 Å². The van der Waals surface area contributed by atoms with E-state index in [4.69, 9.17) is 16.3 Å². The van der Waals surface area contributed by atoms with E-state index in [1.54, 1.807) is 43.3 Å². The molecule has 2 aromatic carbocycles. The number of hydrogen-bond acceptors (Lipinski definition) is 7. The lowest BCUT2D eigenvalue weighted by Gasteiger charge is -2.39. The van der Waals surface area contributed by atoms with E-state index in [9.17, 15) is 19.6 Å². The van der Waals surface area contributed by atoms with Crippen molar-refractivity contribution in [2.45, 2.75) is 39.5 Å². The monoisotopic (exact) mass is 549 g/mol. The molecule has 0 spiro atoms. The number of hydrogen-bond donors (Lipinski definition) is 2. The first-order valence-corrected chi connectivity index (χ1v) is 13.6. The summed E-state index contributed by atoms with van der Waals surface area (Å²) in [6, 6.07) is 15.9. The molecule has 1 aliphatic heterocycles. The number of allylic oxidation sites excluding steroid dienone is 3. The molecule has 0 aromatic heterocycles. The summed E-state index contributed by atoms with van der Waals surface area (Å²) in [5, 5.41) is 17.4. The Labute approximate surface area is 231 Å². The second-order valence-electron chi connectivity index (χ2n) is 9.93. The van der Waals surface area contributed by atoms with Crippen LogP contribution in [0.15, 0.2) is 70.4 Å². The first kappa shape index (κ1) is 27.5. The van der Waals surface area contributed by atoms with E-state index in [1.165, 1.54) is 11.8 Å². The number of nitriles is 1. The van der Waals surface area contributed by atoms with Crippen molar-refractivity contribution < 1.29 is 19.1 Å². The molecule has 7 nitrogen and oxygen atoms in total. The highest BCUT2D eigenvalue weighted by molar-refractivity contribution is 8.03. The number of esters is 1. The van der Waals surface area contributed by atoms with Crippen LogP contribution < -0.4 is 10.6 Å². The van der Waals surface area contributed by atoms with Gasteiger partial charge in [-0.15, -0.1) is 0 Å². The van der Waals surface area contributed by atoms with E-state index in [0.717, 1.165) is 11.3 Å². The Kier molecular flexibility index (Phi) is 8.29. The number of ether oxygens (including phenoxy) is 1. The molecule has 0 bridgehead atoms. The number of benzene rings is 2. The van der Waals surface area contributed by atoms with Crippen LogP contribution in [0, 0.1) is 16.7 Å². The molecular weight excluding hydrogens is 522 g/mol. The molecule has 0 radical (unpaired) electrons. The van der Waals surface area contributed by atoms with Crippen LogP contribution in [-0.2, 0) is 14.3 Å². The van der Waals surface area contributed by atoms with Crippen molar-refractivity contribution in [1.29, 1.82) is 5.26 Å². The number of carbonyl (C=O) groups is 3. The molecule has 0 saturated heterocycles. The van der Waals surface area contributed by atoms with Gasteiger partial charge in [-0.1, -0.05) is 49.3 Å². The zero-order valence-electron chi connectivity index (χ0n) is 21.4. The minimum absolute atomic E-state index is 0.0181. The zero-order valence-corrected chi connectivity index (χ0v) is 23.0. The minimum Gasteiger partial charge on any atom is -0.462 e. The maximum Gasteiger partial charge on any atom is 0.338 e. The van der Waals surface area contributed by atoms with Crippen molar-refractivity contribution >= 4 is 46.7 Å². The van der Waals surface area contributed by atoms with Crippen LogP contribution in [0.1, 0.15) is 55.5 Å². The van der Waals surface area contributed by atoms with E-state index in [-0.39, 0.29) is 29.5 Å². The average molecular weight is 550 g/mol. The summed E-state index contributed by atoms with van der Waals surface area (Å²) >= 11 is 7.32. The van der Waals surface area contributed by atoms with Crippen molar-refractivity contribution in [1.82, 2.24) is 5.32 Å². The number of Topliss-reactive ketones (excluding diaryl/α,β-unsaturated/α-hetero) is 1. The molecule has 1 atom stereocenters. The number of carbonyl (C=O) groups excluding carboxylic acids is 3. The van der Waals surface area contributed by atoms with Crippen LogP contribution in [-0.4, -0.2) is 30.0 Å². The van der Waals surface area contributed by atoms with Crippen LogP contribution in [0.25, 0.3) is 0 Å². The van der Waals surface area contributed by atoms with Gasteiger partial charge in [-0.05, 0) is 60.7 Å². The number of dihydropyridines is 1. The van der Waals surface area contributed by atoms with Gasteiger partial charge < -0.3 is 15.4 Å². The van der Waals surface area contributed by atoms with Crippen LogP contribution in [0.5, 0.6) is 0 Å². The second kappa shape index (κ2) is 11.5. The van der Waals surface area contributed by atoms with E-state index >= 15 is 0 Å². The van der Waals surface area contributed by atoms with Gasteiger partial charge >= 0.3 is 5.97 Å². The van der Waals surface area contributed by atoms with E-state index < -0.39 is 11.9 Å². The van der Waals surface area contributed by atoms with E-state index in [1.807, 2.05) is 26.0 Å². The fraction of sp³-hybridized carbons (Fsp3) is 0.310. The third-order valence-corrected chi connectivity index (χ3v) is 7.63. The summed E-state index contributed by atoms with van der Waals surface area (Å²) in [6.07, 6.45) is 1.05. The topological polar surface area (TPSA) is 108 Å². The first-order valence-electron chi connectivity index (χ1n) is 12.2. The molecule has 2 aromatic rings. The van der Waals surface area contributed by atoms with Gasteiger partial charge in [-0.3, -0.25) is 9.59 Å². The average Bonchev–Trinajstić information content (AvgIpc) is 2.87. The Morgan fingerprint density at radius 1 is 1.16 bits per heavy atom. The summed E-state index contributed by atoms with van der Waals surface area (Å²) in [5.41, 5.74) is 3.32. The molecule has 4 rings (SSSR count). The molecule has 2 N–H and O–H groups in total. The van der Waals surface area contributed by atoms with Crippen LogP contribution >= 0.6 is 23.4 Å². The Hall–Kier alpha value is -3.54. The molecule has 0 saturated carbocycles. The SMILES string of the molecule is CCOC(=O)c1ccc(NC(=O)CSC2=C(C#N)[C@@H](c3ccc(Cl)cc3)C3=C(CC(C)(C)CC3=O)N2)cc1. The number of anilines is 1. The first-order chi connectivity index (χ1) is 18.1. The number of halogens is 1. The third kappa shape index (κ3) is 6.12. The number of ketones is 1. The van der Waals surface area contributed by atoms with Gasteiger partial charge in [-0.25, -0.2) is 4.79 Å². The van der Waals surface area contributed by atoms with E-state index in [2.05, 4.69) is 16.7 Å². The normalized spacial score (nSPS) is 18.3. The highest BCUT2D eigenvalue weighted by Gasteiger charge is 2.41. The quantitative estimate of drug-likeness (QED) is 0.410. The van der Waals surface area contributed by atoms with Crippen LogP contribution in [0.4, 0.5) is 5.69 Å². The second-order valence-corrected chi connectivity index (χ2v) is 11.4. The molecule has 0 unspecified atom stereocenters. The summed E-state index contributed by atoms with van der Waals surface area (Å²) in [7, 11) is 0. The van der Waals surface area contributed by atoms with Crippen LogP contribution in [0.2, 0.25) is 5.02 Å². The van der Waals surface area contributed by atoms with Gasteiger partial charge in [0.05, 0.1) is 40.5 Å². The Morgan fingerprint density at radius 2 is 1.84 bits per heavy atom. The third-order valence-electron chi connectivity index (χ3n) is 6.36. The molecule has 1 amide bonds. The molecule has 196 valence electrons. The lowest BCUT2D eigenvalue weighted by atomic mass is 9.69. The van der Waals surface area contributed by atoms with Crippen molar-refractivity contribution in [3.63, 3.8) is 0 Å². The molecule has 9 heteroatoms. The van der Waals surface area contributed by atoms with Crippen molar-refractivity contribution in [2.75, 3.05) is 17.7 Å². The van der Waals surface area contributed by atoms with Gasteiger partial charge in [-0.2, -0.15) is 5.26 Å². The van der Waals surface area contributed by atoms with Crippen molar-refractivity contribution in [2.24, 2.45) is 5.41 Å². The number of amides is 1. The summed E-state index contributed by atoms with van der Waals surface area (Å²) in [6.45, 7) is 6.11. The van der Waals surface area contributed by atoms with Crippen molar-refractivity contribution in [3.8, 4) is 6.07 Å². The minimum atomic E-state index is -0.530. The van der Waals surface area contributed by atoms with Gasteiger partial charge in [0.1, 0.15) is 0 Å². The molecular formula is C29H28ClN3O4S. The maximum atomic E-state index is 13.3. The predicted octanol–water partition coefficient (Wildman–Crippen LogP) is 5.95. The smallest absolute Gasteiger partial charge is 0.338 e. The lowest BCUT2D eigenvalue weighted by Crippen LogP contribution is -2.37. The van der Waals surface area contributed by atoms with Gasteiger partial charge in [0.25, 0.3) is 0 Å². The Balaban J connectivity index is 1.55. The number of thioether (sulfide) groups is 1. The summed E-state index contributed by atoms with van der Waals surface area (Å²) in [5.74, 6) is -1.16. The van der Waals surface area contributed by atoms with Crippen molar-refractivity contribution in [3.05, 3.63) is 86.6 Å². The molecule has 1 heterocycles. The molecule has 38 heavy (non-hydrogen) atoms. The Bertz CT molecular complexity index is 1370. The molecule has 1 aliphatic carbocycles. The number of nitrogens with zero attached hydrogens (tertiary/aromatic N) is 1. The summed E-state index contributed by atoms with van der Waals surface area (Å²) in [4.78, 5) is 37.9. The highest BCUT2D eigenvalue weighted by Crippen LogP contribution is 2.47. The molecule has 0 fully saturated rings. The largest absolute Gasteiger partial charge is 0.462 e. The molecule has 2 aliphatic rings. The predicted molar refractivity (Wildman–Crippen MR) is 149 cm³/mol. The maximum absolute atomic E-state index is 13.3. The fourth-order valence-electron chi connectivity index (χ4n) is 4.72. The van der Waals surface area contributed by atoms with Gasteiger partial charge in [0.2, 0.25) is 5.91 Å². The lowest BCUT2D eigenvalue weighted by molar-refractivity contribution is -0.118. The Morgan fingerprint density at radius 3 is 2.47 bits per heavy atom. The number of rotatable bonds is 7. The standard InChI is InChI=1S/C29H28ClN3O4S/c1-4-37-28(36)18-7-11-20(12-8-18)32-24(35)16-38-27-21(15-31)25(17-5-9-19(30)10-6-17)26-22(33-27)13-29(2,3)14-23(26)34/h5-12,25,33H,4,13-14,16H2,1-3H3,(H,32,35)/t25-/m1/s1. The summed E-state index contributed by atoms with van der Waals surface area (Å²) < 4.78 is 4.98. The van der Waals surface area contributed by atoms with E-state index in [0.29, 0.717) is 45.3 Å².